The van der Waals surface area contributed by atoms with E-state index in [4.69, 9.17) is 11.6 Å². The predicted molar refractivity (Wildman–Crippen MR) is 74.3 cm³/mol. The third-order valence-corrected chi connectivity index (χ3v) is 6.31. The quantitative estimate of drug-likeness (QED) is 0.790. The summed E-state index contributed by atoms with van der Waals surface area (Å²) in [4.78, 5) is 0.210. The highest BCUT2D eigenvalue weighted by molar-refractivity contribution is 9.09. The summed E-state index contributed by atoms with van der Waals surface area (Å²) in [6, 6.07) is 6.28. The Bertz CT molecular complexity index is 502. The Morgan fingerprint density at radius 1 is 1.41 bits per heavy atom. The molecule has 1 aromatic rings. The van der Waals surface area contributed by atoms with Crippen LogP contribution in [-0.2, 0) is 10.0 Å². The molecule has 0 saturated heterocycles. The molecule has 0 N–H and O–H groups in total. The first-order valence-corrected chi connectivity index (χ1v) is 7.96. The first kappa shape index (κ1) is 15.0. The van der Waals surface area contributed by atoms with Crippen LogP contribution in [0.1, 0.15) is 13.8 Å². The molecular weight excluding hydrogens is 326 g/mol. The van der Waals surface area contributed by atoms with E-state index in [1.54, 1.807) is 25.2 Å². The maximum Gasteiger partial charge on any atom is 0.243 e. The fourth-order valence-electron chi connectivity index (χ4n) is 1.20. The SMILES string of the molecule is CN(C(C)(C)CBr)S(=O)(=O)c1cccc(Cl)c1. The van der Waals surface area contributed by atoms with Gasteiger partial charge in [-0.05, 0) is 32.0 Å². The molecule has 0 amide bonds. The van der Waals surface area contributed by atoms with Crippen molar-refractivity contribution in [1.29, 1.82) is 0 Å². The van der Waals surface area contributed by atoms with Crippen LogP contribution in [0.5, 0.6) is 0 Å². The van der Waals surface area contributed by atoms with Crippen LogP contribution in [0.4, 0.5) is 0 Å². The number of halogens is 2. The van der Waals surface area contributed by atoms with E-state index in [9.17, 15) is 8.42 Å². The number of sulfonamides is 1. The molecule has 1 aromatic carbocycles. The molecule has 0 aliphatic carbocycles. The van der Waals surface area contributed by atoms with E-state index in [0.29, 0.717) is 10.4 Å². The lowest BCUT2D eigenvalue weighted by Crippen LogP contribution is -2.46. The van der Waals surface area contributed by atoms with Crippen LogP contribution in [0.25, 0.3) is 0 Å². The molecule has 17 heavy (non-hydrogen) atoms. The molecule has 0 heterocycles. The smallest absolute Gasteiger partial charge is 0.207 e. The molecular formula is C11H15BrClNO2S. The van der Waals surface area contributed by atoms with Gasteiger partial charge in [0.25, 0.3) is 0 Å². The second kappa shape index (κ2) is 5.26. The third-order valence-electron chi connectivity index (χ3n) is 2.63. The molecule has 96 valence electrons. The number of nitrogens with zero attached hydrogens (tertiary/aromatic N) is 1. The fourth-order valence-corrected chi connectivity index (χ4v) is 3.55. The van der Waals surface area contributed by atoms with Gasteiger partial charge in [-0.3, -0.25) is 0 Å². The van der Waals surface area contributed by atoms with Crippen LogP contribution in [-0.4, -0.2) is 30.6 Å². The minimum atomic E-state index is -3.51. The van der Waals surface area contributed by atoms with Crippen LogP contribution in [0, 0.1) is 0 Å². The molecule has 0 fully saturated rings. The Hall–Kier alpha value is -0.100. The largest absolute Gasteiger partial charge is 0.243 e. The topological polar surface area (TPSA) is 37.4 Å². The summed E-state index contributed by atoms with van der Waals surface area (Å²) in [6.07, 6.45) is 0. The number of alkyl halides is 1. The lowest BCUT2D eigenvalue weighted by atomic mass is 10.1. The summed E-state index contributed by atoms with van der Waals surface area (Å²) >= 11 is 9.13. The number of hydrogen-bond acceptors (Lipinski definition) is 2. The van der Waals surface area contributed by atoms with Crippen molar-refractivity contribution in [3.63, 3.8) is 0 Å². The van der Waals surface area contributed by atoms with E-state index in [2.05, 4.69) is 15.9 Å². The molecule has 0 aromatic heterocycles. The zero-order chi connectivity index (χ0) is 13.3. The molecule has 3 nitrogen and oxygen atoms in total. The van der Waals surface area contributed by atoms with Crippen LogP contribution >= 0.6 is 27.5 Å². The summed E-state index contributed by atoms with van der Waals surface area (Å²) < 4.78 is 26.0. The van der Waals surface area contributed by atoms with Crippen molar-refractivity contribution >= 4 is 37.6 Å². The first-order chi connectivity index (χ1) is 7.71. The second-order valence-corrected chi connectivity index (χ2v) is 7.34. The van der Waals surface area contributed by atoms with Crippen molar-refractivity contribution < 1.29 is 8.42 Å². The summed E-state index contributed by atoms with van der Waals surface area (Å²) in [5, 5.41) is 0.965. The minimum Gasteiger partial charge on any atom is -0.207 e. The number of benzene rings is 1. The standard InChI is InChI=1S/C11H15BrClNO2S/c1-11(2,8-12)14(3)17(15,16)10-6-4-5-9(13)7-10/h4-7H,8H2,1-3H3. The Kier molecular flexibility index (Phi) is 4.63. The van der Waals surface area contributed by atoms with Crippen molar-refractivity contribution in [2.24, 2.45) is 0 Å². The lowest BCUT2D eigenvalue weighted by molar-refractivity contribution is 0.299. The van der Waals surface area contributed by atoms with Crippen LogP contribution in [0.3, 0.4) is 0 Å². The van der Waals surface area contributed by atoms with Crippen molar-refractivity contribution in [3.8, 4) is 0 Å². The molecule has 0 radical (unpaired) electrons. The monoisotopic (exact) mass is 339 g/mol. The summed E-state index contributed by atoms with van der Waals surface area (Å²) in [5.41, 5.74) is -0.499. The number of hydrogen-bond donors (Lipinski definition) is 0. The van der Waals surface area contributed by atoms with E-state index >= 15 is 0 Å². The molecule has 0 spiro atoms. The molecule has 0 bridgehead atoms. The average molecular weight is 341 g/mol. The highest BCUT2D eigenvalue weighted by atomic mass is 79.9. The van der Waals surface area contributed by atoms with Gasteiger partial charge in [-0.15, -0.1) is 0 Å². The molecule has 0 atom stereocenters. The maximum atomic E-state index is 12.3. The van der Waals surface area contributed by atoms with E-state index in [0.717, 1.165) is 0 Å². The Labute approximate surface area is 116 Å². The van der Waals surface area contributed by atoms with Crippen molar-refractivity contribution in [2.75, 3.05) is 12.4 Å². The third kappa shape index (κ3) is 3.22. The highest BCUT2D eigenvalue weighted by Gasteiger charge is 2.33. The van der Waals surface area contributed by atoms with Gasteiger partial charge in [0.2, 0.25) is 10.0 Å². The Morgan fingerprint density at radius 2 is 2.00 bits per heavy atom. The van der Waals surface area contributed by atoms with E-state index in [1.807, 2.05) is 13.8 Å². The second-order valence-electron chi connectivity index (χ2n) is 4.38. The van der Waals surface area contributed by atoms with Gasteiger partial charge < -0.3 is 0 Å². The summed E-state index contributed by atoms with van der Waals surface area (Å²) in [6.45, 7) is 3.70. The molecule has 0 unspecified atom stereocenters. The van der Waals surface area contributed by atoms with Gasteiger partial charge >= 0.3 is 0 Å². The van der Waals surface area contributed by atoms with Gasteiger partial charge in [0.1, 0.15) is 0 Å². The van der Waals surface area contributed by atoms with Gasteiger partial charge in [0, 0.05) is 22.9 Å². The van der Waals surface area contributed by atoms with Crippen molar-refractivity contribution in [1.82, 2.24) is 4.31 Å². The predicted octanol–water partition coefficient (Wildman–Crippen LogP) is 3.13. The molecule has 0 saturated carbocycles. The zero-order valence-electron chi connectivity index (χ0n) is 9.94. The van der Waals surface area contributed by atoms with Crippen LogP contribution in [0.2, 0.25) is 5.02 Å². The highest BCUT2D eigenvalue weighted by Crippen LogP contribution is 2.25. The zero-order valence-corrected chi connectivity index (χ0v) is 13.1. The lowest BCUT2D eigenvalue weighted by Gasteiger charge is -2.32. The van der Waals surface area contributed by atoms with Crippen molar-refractivity contribution in [2.45, 2.75) is 24.3 Å². The van der Waals surface area contributed by atoms with E-state index in [-0.39, 0.29) is 4.90 Å². The first-order valence-electron chi connectivity index (χ1n) is 5.02. The molecule has 0 aliphatic heterocycles. The van der Waals surface area contributed by atoms with Crippen LogP contribution in [0.15, 0.2) is 29.2 Å². The van der Waals surface area contributed by atoms with Gasteiger partial charge in [0.05, 0.1) is 4.90 Å². The van der Waals surface area contributed by atoms with Gasteiger partial charge in [0.15, 0.2) is 0 Å². The Morgan fingerprint density at radius 3 is 2.47 bits per heavy atom. The summed E-state index contributed by atoms with van der Waals surface area (Å²) in [7, 11) is -1.95. The normalized spacial score (nSPS) is 13.1. The van der Waals surface area contributed by atoms with E-state index in [1.165, 1.54) is 10.4 Å². The van der Waals surface area contributed by atoms with Gasteiger partial charge in [-0.25, -0.2) is 8.42 Å². The summed E-state index contributed by atoms with van der Waals surface area (Å²) in [5.74, 6) is 0. The minimum absolute atomic E-state index is 0.210. The molecule has 0 aliphatic rings. The van der Waals surface area contributed by atoms with Gasteiger partial charge in [-0.1, -0.05) is 33.6 Å². The number of rotatable bonds is 4. The molecule has 6 heteroatoms. The van der Waals surface area contributed by atoms with Crippen LogP contribution < -0.4 is 0 Å². The fraction of sp³-hybridized carbons (Fsp3) is 0.455. The molecule has 1 rings (SSSR count). The average Bonchev–Trinajstić information content (AvgIpc) is 2.28. The maximum absolute atomic E-state index is 12.3. The van der Waals surface area contributed by atoms with Crippen molar-refractivity contribution in [3.05, 3.63) is 29.3 Å². The van der Waals surface area contributed by atoms with E-state index < -0.39 is 15.6 Å². The van der Waals surface area contributed by atoms with Gasteiger partial charge in [-0.2, -0.15) is 4.31 Å². The Balaban J connectivity index is 3.21.